The lowest BCUT2D eigenvalue weighted by atomic mass is 10.1. The van der Waals surface area contributed by atoms with Crippen molar-refractivity contribution in [2.24, 2.45) is 0 Å². The van der Waals surface area contributed by atoms with Crippen molar-refractivity contribution >= 4 is 32.5 Å². The topological polar surface area (TPSA) is 121 Å². The van der Waals surface area contributed by atoms with E-state index < -0.39 is 14.9 Å². The van der Waals surface area contributed by atoms with Crippen molar-refractivity contribution in [3.8, 4) is 5.75 Å². The number of benzene rings is 2. The molecular formula is C19H19N3O6S. The number of aromatic nitrogens is 1. The Balaban J connectivity index is 2.28. The number of nitro groups is 1. The number of nitro benzene ring substituents is 1. The van der Waals surface area contributed by atoms with Gasteiger partial charge in [-0.2, -0.15) is 0 Å². The Bertz CT molecular complexity index is 1190. The van der Waals surface area contributed by atoms with E-state index in [4.69, 9.17) is 4.74 Å². The summed E-state index contributed by atoms with van der Waals surface area (Å²) in [6.45, 7) is 1.56. The lowest BCUT2D eigenvalue weighted by Crippen LogP contribution is -2.22. The fraction of sp³-hybridized carbons (Fsp3) is 0.211. The molecule has 2 aromatic carbocycles. The maximum absolute atomic E-state index is 13.2. The third-order valence-corrected chi connectivity index (χ3v) is 6.11. The Kier molecular flexibility index (Phi) is 5.55. The average molecular weight is 417 g/mol. The van der Waals surface area contributed by atoms with E-state index in [1.54, 1.807) is 18.2 Å². The second-order valence-corrected chi connectivity index (χ2v) is 8.08. The zero-order valence-electron chi connectivity index (χ0n) is 15.8. The van der Waals surface area contributed by atoms with Gasteiger partial charge in [-0.25, -0.2) is 12.4 Å². The number of carbonyl (C=O) groups is 1. The van der Waals surface area contributed by atoms with E-state index in [1.807, 2.05) is 0 Å². The van der Waals surface area contributed by atoms with Gasteiger partial charge in [0, 0.05) is 19.7 Å². The van der Waals surface area contributed by atoms with E-state index in [1.165, 1.54) is 44.5 Å². The van der Waals surface area contributed by atoms with Crippen LogP contribution in [0, 0.1) is 10.1 Å². The van der Waals surface area contributed by atoms with Crippen molar-refractivity contribution in [2.75, 3.05) is 13.7 Å². The smallest absolute Gasteiger partial charge is 0.320 e. The van der Waals surface area contributed by atoms with Gasteiger partial charge in [-0.1, -0.05) is 18.2 Å². The van der Waals surface area contributed by atoms with Crippen LogP contribution in [0.15, 0.2) is 53.6 Å². The molecule has 0 unspecified atom stereocenters. The van der Waals surface area contributed by atoms with Crippen molar-refractivity contribution in [1.29, 1.82) is 0 Å². The molecule has 0 radical (unpaired) electrons. The molecule has 0 aliphatic rings. The molecule has 0 atom stereocenters. The number of amides is 1. The Morgan fingerprint density at radius 3 is 2.48 bits per heavy atom. The van der Waals surface area contributed by atoms with Crippen LogP contribution >= 0.6 is 0 Å². The van der Waals surface area contributed by atoms with Crippen molar-refractivity contribution < 1.29 is 22.9 Å². The van der Waals surface area contributed by atoms with Gasteiger partial charge in [-0.15, -0.1) is 0 Å². The Hall–Kier alpha value is -3.40. The predicted octanol–water partition coefficient (Wildman–Crippen LogP) is 2.47. The highest BCUT2D eigenvalue weighted by Crippen LogP contribution is 2.39. The van der Waals surface area contributed by atoms with Crippen LogP contribution in [-0.4, -0.2) is 36.9 Å². The number of rotatable bonds is 7. The molecule has 10 heteroatoms. The minimum absolute atomic E-state index is 0.0261. The van der Waals surface area contributed by atoms with E-state index in [2.05, 4.69) is 5.32 Å². The van der Waals surface area contributed by atoms with Crippen LogP contribution in [0.4, 0.5) is 5.69 Å². The summed E-state index contributed by atoms with van der Waals surface area (Å²) in [5.74, 6) is -0.226. The second kappa shape index (κ2) is 7.92. The van der Waals surface area contributed by atoms with Crippen LogP contribution < -0.4 is 10.1 Å². The second-order valence-electron chi connectivity index (χ2n) is 6.27. The van der Waals surface area contributed by atoms with Gasteiger partial charge in [0.15, 0.2) is 5.75 Å². The van der Waals surface area contributed by atoms with E-state index in [-0.39, 0.29) is 46.1 Å². The number of nitrogens with one attached hydrogen (secondary N) is 1. The summed E-state index contributed by atoms with van der Waals surface area (Å²) in [7, 11) is -2.67. The van der Waals surface area contributed by atoms with Gasteiger partial charge in [0.1, 0.15) is 0 Å². The molecule has 0 aliphatic carbocycles. The molecule has 0 saturated heterocycles. The first-order chi connectivity index (χ1) is 13.8. The fourth-order valence-corrected chi connectivity index (χ4v) is 4.56. The molecule has 3 rings (SSSR count). The first-order valence-corrected chi connectivity index (χ1v) is 10.1. The molecule has 1 N–H and O–H groups in total. The first kappa shape index (κ1) is 20.3. The summed E-state index contributed by atoms with van der Waals surface area (Å²) in [6.07, 6.45) is 1.57. The molecule has 152 valence electrons. The molecule has 1 heterocycles. The minimum atomic E-state index is -3.98. The average Bonchev–Trinajstić information content (AvgIpc) is 3.07. The molecule has 1 aromatic heterocycles. The summed E-state index contributed by atoms with van der Waals surface area (Å²) in [5, 5.41) is 14.5. The molecular weight excluding hydrogens is 398 g/mol. The normalized spacial score (nSPS) is 11.4. The highest BCUT2D eigenvalue weighted by Gasteiger charge is 2.28. The molecule has 0 bridgehead atoms. The molecule has 0 spiro atoms. The molecule has 0 fully saturated rings. The third-order valence-electron chi connectivity index (χ3n) is 4.42. The van der Waals surface area contributed by atoms with Crippen molar-refractivity contribution in [3.05, 3.63) is 64.3 Å². The SMILES string of the molecule is COc1ccc2c(c(CCNC(C)=O)cn2S(=O)(=O)c2ccccc2)c1[N+](=O)[O-]. The summed E-state index contributed by atoms with van der Waals surface area (Å²) in [4.78, 5) is 22.4. The summed E-state index contributed by atoms with van der Waals surface area (Å²) in [5.41, 5.74) is 0.267. The number of methoxy groups -OCH3 is 1. The van der Waals surface area contributed by atoms with Crippen molar-refractivity contribution in [3.63, 3.8) is 0 Å². The monoisotopic (exact) mass is 417 g/mol. The highest BCUT2D eigenvalue weighted by molar-refractivity contribution is 7.90. The van der Waals surface area contributed by atoms with Crippen molar-refractivity contribution in [1.82, 2.24) is 9.29 Å². The maximum atomic E-state index is 13.2. The largest absolute Gasteiger partial charge is 0.490 e. The van der Waals surface area contributed by atoms with Crippen LogP contribution in [0.3, 0.4) is 0 Å². The standard InChI is InChI=1S/C19H19N3O6S/c1-13(23)20-11-10-14-12-21(29(26,27)15-6-4-3-5-7-15)16-8-9-17(28-2)19(18(14)16)22(24)25/h3-9,12H,10-11H2,1-2H3,(H,20,23). The number of ether oxygens (including phenoxy) is 1. The number of nitrogens with zero attached hydrogens (tertiary/aromatic N) is 2. The van der Waals surface area contributed by atoms with Gasteiger partial charge >= 0.3 is 5.69 Å². The van der Waals surface area contributed by atoms with E-state index in [9.17, 15) is 23.3 Å². The van der Waals surface area contributed by atoms with E-state index in [0.717, 1.165) is 3.97 Å². The van der Waals surface area contributed by atoms with E-state index >= 15 is 0 Å². The molecule has 29 heavy (non-hydrogen) atoms. The lowest BCUT2D eigenvalue weighted by Gasteiger charge is -2.08. The van der Waals surface area contributed by atoms with Crippen LogP contribution in [-0.2, 0) is 21.2 Å². The van der Waals surface area contributed by atoms with Gasteiger partial charge in [-0.05, 0) is 36.2 Å². The van der Waals surface area contributed by atoms with Gasteiger partial charge < -0.3 is 10.1 Å². The minimum Gasteiger partial charge on any atom is -0.490 e. The molecule has 3 aromatic rings. The third kappa shape index (κ3) is 3.79. The fourth-order valence-electron chi connectivity index (χ4n) is 3.15. The van der Waals surface area contributed by atoms with Crippen LogP contribution in [0.2, 0.25) is 0 Å². The molecule has 1 amide bonds. The molecule has 0 saturated carbocycles. The predicted molar refractivity (Wildman–Crippen MR) is 107 cm³/mol. The highest BCUT2D eigenvalue weighted by atomic mass is 32.2. The van der Waals surface area contributed by atoms with Crippen molar-refractivity contribution in [2.45, 2.75) is 18.2 Å². The Morgan fingerprint density at radius 2 is 1.90 bits per heavy atom. The summed E-state index contributed by atoms with van der Waals surface area (Å²) >= 11 is 0. The zero-order valence-corrected chi connectivity index (χ0v) is 16.6. The number of carbonyl (C=O) groups excluding carboxylic acids is 1. The van der Waals surface area contributed by atoms with Crippen LogP contribution in [0.1, 0.15) is 12.5 Å². The number of hydrogen-bond acceptors (Lipinski definition) is 6. The summed E-state index contributed by atoms with van der Waals surface area (Å²) in [6, 6.07) is 10.6. The molecule has 9 nitrogen and oxygen atoms in total. The van der Waals surface area contributed by atoms with Gasteiger partial charge in [-0.3, -0.25) is 14.9 Å². The first-order valence-electron chi connectivity index (χ1n) is 8.67. The Morgan fingerprint density at radius 1 is 1.21 bits per heavy atom. The van der Waals surface area contributed by atoms with Gasteiger partial charge in [0.25, 0.3) is 10.0 Å². The van der Waals surface area contributed by atoms with Gasteiger partial charge in [0.05, 0.1) is 27.8 Å². The maximum Gasteiger partial charge on any atom is 0.320 e. The number of hydrogen-bond donors (Lipinski definition) is 1. The molecule has 0 aliphatic heterocycles. The lowest BCUT2D eigenvalue weighted by molar-refractivity contribution is -0.384. The Labute approximate surface area is 167 Å². The van der Waals surface area contributed by atoms with E-state index in [0.29, 0.717) is 5.56 Å². The number of fused-ring (bicyclic) bond motifs is 1. The quantitative estimate of drug-likeness (QED) is 0.466. The van der Waals surface area contributed by atoms with Crippen LogP contribution in [0.25, 0.3) is 10.9 Å². The van der Waals surface area contributed by atoms with Crippen LogP contribution in [0.5, 0.6) is 5.75 Å². The van der Waals surface area contributed by atoms with Gasteiger partial charge in [0.2, 0.25) is 5.91 Å². The zero-order chi connectivity index (χ0) is 21.2. The summed E-state index contributed by atoms with van der Waals surface area (Å²) < 4.78 is 32.5.